The van der Waals surface area contributed by atoms with E-state index >= 15 is 0 Å². The second-order valence-electron chi connectivity index (χ2n) is 6.27. The third-order valence-electron chi connectivity index (χ3n) is 3.25. The molecule has 0 unspecified atom stereocenters. The highest BCUT2D eigenvalue weighted by Gasteiger charge is 2.18. The lowest BCUT2D eigenvalue weighted by atomic mass is 9.90. The molecule has 0 radical (unpaired) electrons. The fourth-order valence-electron chi connectivity index (χ4n) is 2.02. The molecule has 1 rings (SSSR count). The van der Waals surface area contributed by atoms with Crippen LogP contribution in [-0.4, -0.2) is 39.3 Å². The molecule has 4 nitrogen and oxygen atoms in total. The Morgan fingerprint density at radius 3 is 2.55 bits per heavy atom. The number of pyridine rings is 1. The Morgan fingerprint density at radius 1 is 1.30 bits per heavy atom. The molecule has 1 aromatic rings. The highest BCUT2D eigenvalue weighted by molar-refractivity contribution is 5.43. The van der Waals surface area contributed by atoms with Crippen LogP contribution in [0.2, 0.25) is 0 Å². The van der Waals surface area contributed by atoms with Gasteiger partial charge in [0.2, 0.25) is 0 Å². The molecule has 0 saturated heterocycles. The van der Waals surface area contributed by atoms with E-state index in [0.717, 1.165) is 37.6 Å². The van der Waals surface area contributed by atoms with E-state index in [1.54, 1.807) is 7.11 Å². The molecule has 0 fully saturated rings. The molecule has 20 heavy (non-hydrogen) atoms. The summed E-state index contributed by atoms with van der Waals surface area (Å²) in [5.74, 6) is 1.04. The maximum absolute atomic E-state index is 5.11. The summed E-state index contributed by atoms with van der Waals surface area (Å²) < 4.78 is 5.11. The highest BCUT2D eigenvalue weighted by atomic mass is 16.5. The molecule has 0 amide bonds. The lowest BCUT2D eigenvalue weighted by Gasteiger charge is -2.24. The second-order valence-corrected chi connectivity index (χ2v) is 6.27. The van der Waals surface area contributed by atoms with Crippen LogP contribution in [0, 0.1) is 0 Å². The first-order chi connectivity index (χ1) is 9.38. The van der Waals surface area contributed by atoms with Crippen molar-refractivity contribution >= 4 is 5.82 Å². The average Bonchev–Trinajstić information content (AvgIpc) is 2.38. The minimum absolute atomic E-state index is 0.0614. The number of ether oxygens (including phenoxy) is 1. The Labute approximate surface area is 123 Å². The van der Waals surface area contributed by atoms with E-state index in [1.807, 2.05) is 7.05 Å². The van der Waals surface area contributed by atoms with E-state index in [1.165, 1.54) is 5.56 Å². The van der Waals surface area contributed by atoms with E-state index in [4.69, 9.17) is 9.72 Å². The number of nitrogens with zero attached hydrogens (tertiary/aromatic N) is 2. The molecule has 1 aromatic heterocycles. The highest BCUT2D eigenvalue weighted by Crippen LogP contribution is 2.24. The summed E-state index contributed by atoms with van der Waals surface area (Å²) in [6, 6.07) is 4.36. The van der Waals surface area contributed by atoms with Gasteiger partial charge in [-0.25, -0.2) is 4.98 Å². The summed E-state index contributed by atoms with van der Waals surface area (Å²) in [6.45, 7) is 9.21. The summed E-state index contributed by atoms with van der Waals surface area (Å²) in [6.07, 6.45) is 1.01. The molecule has 0 aliphatic heterocycles. The SMILES string of the molecule is CNCc1cc(N(C)CCCOC)nc(C(C)(C)C)c1. The molecular weight excluding hydrogens is 250 g/mol. The fraction of sp³-hybridized carbons (Fsp3) is 0.688. The maximum atomic E-state index is 5.11. The smallest absolute Gasteiger partial charge is 0.128 e. The van der Waals surface area contributed by atoms with E-state index in [0.29, 0.717) is 0 Å². The Bertz CT molecular complexity index is 413. The number of nitrogens with one attached hydrogen (secondary N) is 1. The molecule has 0 aromatic carbocycles. The predicted molar refractivity (Wildman–Crippen MR) is 85.5 cm³/mol. The van der Waals surface area contributed by atoms with Crippen molar-refractivity contribution < 1.29 is 4.74 Å². The molecule has 0 spiro atoms. The van der Waals surface area contributed by atoms with Gasteiger partial charge < -0.3 is 15.0 Å². The molecule has 1 heterocycles. The van der Waals surface area contributed by atoms with Crippen LogP contribution in [0.5, 0.6) is 0 Å². The van der Waals surface area contributed by atoms with Crippen molar-refractivity contribution in [3.8, 4) is 0 Å². The van der Waals surface area contributed by atoms with Crippen LogP contribution in [0.1, 0.15) is 38.4 Å². The van der Waals surface area contributed by atoms with Gasteiger partial charge in [-0.3, -0.25) is 0 Å². The minimum atomic E-state index is 0.0614. The van der Waals surface area contributed by atoms with Crippen LogP contribution in [0.25, 0.3) is 0 Å². The lowest BCUT2D eigenvalue weighted by molar-refractivity contribution is 0.196. The van der Waals surface area contributed by atoms with Crippen molar-refractivity contribution in [2.45, 2.75) is 39.2 Å². The Hall–Kier alpha value is -1.13. The lowest BCUT2D eigenvalue weighted by Crippen LogP contribution is -2.24. The summed E-state index contributed by atoms with van der Waals surface area (Å²) in [7, 11) is 5.80. The third kappa shape index (κ3) is 5.10. The van der Waals surface area contributed by atoms with Gasteiger partial charge in [0.25, 0.3) is 0 Å². The number of aromatic nitrogens is 1. The van der Waals surface area contributed by atoms with Gasteiger partial charge in [0.15, 0.2) is 0 Å². The van der Waals surface area contributed by atoms with E-state index in [-0.39, 0.29) is 5.41 Å². The zero-order chi connectivity index (χ0) is 15.2. The summed E-state index contributed by atoms with van der Waals surface area (Å²) in [5.41, 5.74) is 2.48. The first-order valence-electron chi connectivity index (χ1n) is 7.24. The molecule has 0 atom stereocenters. The summed E-state index contributed by atoms with van der Waals surface area (Å²) in [4.78, 5) is 7.02. The third-order valence-corrected chi connectivity index (χ3v) is 3.25. The zero-order valence-electron chi connectivity index (χ0n) is 13.8. The first-order valence-corrected chi connectivity index (χ1v) is 7.24. The van der Waals surface area contributed by atoms with Gasteiger partial charge in [-0.05, 0) is 31.2 Å². The monoisotopic (exact) mass is 279 g/mol. The van der Waals surface area contributed by atoms with Crippen molar-refractivity contribution in [1.82, 2.24) is 10.3 Å². The van der Waals surface area contributed by atoms with Crippen molar-refractivity contribution in [1.29, 1.82) is 0 Å². The molecule has 0 aliphatic rings. The van der Waals surface area contributed by atoms with Crippen LogP contribution < -0.4 is 10.2 Å². The van der Waals surface area contributed by atoms with Crippen molar-refractivity contribution in [2.75, 3.05) is 39.3 Å². The maximum Gasteiger partial charge on any atom is 0.128 e. The van der Waals surface area contributed by atoms with Crippen LogP contribution in [0.3, 0.4) is 0 Å². The molecule has 0 saturated carbocycles. The average molecular weight is 279 g/mol. The Morgan fingerprint density at radius 2 is 2.00 bits per heavy atom. The molecular formula is C16H29N3O. The number of methoxy groups -OCH3 is 1. The van der Waals surface area contributed by atoms with Crippen molar-refractivity contribution in [2.24, 2.45) is 0 Å². The second kappa shape index (κ2) is 7.60. The van der Waals surface area contributed by atoms with Gasteiger partial charge in [-0.2, -0.15) is 0 Å². The van der Waals surface area contributed by atoms with Gasteiger partial charge in [0, 0.05) is 45.0 Å². The van der Waals surface area contributed by atoms with Gasteiger partial charge in [-0.1, -0.05) is 20.8 Å². The summed E-state index contributed by atoms with van der Waals surface area (Å²) >= 11 is 0. The number of anilines is 1. The Kier molecular flexibility index (Phi) is 6.43. The number of rotatable bonds is 7. The van der Waals surface area contributed by atoms with Gasteiger partial charge in [0.05, 0.1) is 0 Å². The van der Waals surface area contributed by atoms with Crippen LogP contribution in [0.15, 0.2) is 12.1 Å². The van der Waals surface area contributed by atoms with Crippen molar-refractivity contribution in [3.63, 3.8) is 0 Å². The van der Waals surface area contributed by atoms with Crippen LogP contribution in [0.4, 0.5) is 5.82 Å². The molecule has 0 bridgehead atoms. The summed E-state index contributed by atoms with van der Waals surface area (Å²) in [5, 5.41) is 3.21. The zero-order valence-corrected chi connectivity index (χ0v) is 13.8. The Balaban J connectivity index is 2.96. The van der Waals surface area contributed by atoms with E-state index in [2.05, 4.69) is 50.2 Å². The molecule has 4 heteroatoms. The normalized spacial score (nSPS) is 11.7. The first kappa shape index (κ1) is 16.9. The predicted octanol–water partition coefficient (Wildman–Crippen LogP) is 2.57. The number of hydrogen-bond acceptors (Lipinski definition) is 4. The molecule has 1 N–H and O–H groups in total. The quantitative estimate of drug-likeness (QED) is 0.778. The minimum Gasteiger partial charge on any atom is -0.385 e. The van der Waals surface area contributed by atoms with Gasteiger partial charge >= 0.3 is 0 Å². The fourth-order valence-corrected chi connectivity index (χ4v) is 2.02. The molecule has 0 aliphatic carbocycles. The van der Waals surface area contributed by atoms with Gasteiger partial charge in [0.1, 0.15) is 5.82 Å². The van der Waals surface area contributed by atoms with E-state index in [9.17, 15) is 0 Å². The van der Waals surface area contributed by atoms with Gasteiger partial charge in [-0.15, -0.1) is 0 Å². The standard InChI is InChI=1S/C16H29N3O/c1-16(2,3)14-10-13(12-17-4)11-15(18-14)19(5)8-7-9-20-6/h10-11,17H,7-9,12H2,1-6H3. The topological polar surface area (TPSA) is 37.4 Å². The van der Waals surface area contributed by atoms with Crippen molar-refractivity contribution in [3.05, 3.63) is 23.4 Å². The molecule has 114 valence electrons. The number of hydrogen-bond donors (Lipinski definition) is 1. The van der Waals surface area contributed by atoms with E-state index < -0.39 is 0 Å². The van der Waals surface area contributed by atoms with Crippen LogP contribution in [-0.2, 0) is 16.7 Å². The van der Waals surface area contributed by atoms with Crippen LogP contribution >= 0.6 is 0 Å². The largest absolute Gasteiger partial charge is 0.385 e.